The Morgan fingerprint density at radius 3 is 2.92 bits per heavy atom. The zero-order chi connectivity index (χ0) is 9.52. The van der Waals surface area contributed by atoms with E-state index in [1.807, 2.05) is 12.1 Å². The third-order valence-electron chi connectivity index (χ3n) is 1.34. The lowest BCUT2D eigenvalue weighted by Crippen LogP contribution is -1.92. The lowest BCUT2D eigenvalue weighted by molar-refractivity contribution is 0.372. The molecule has 0 spiro atoms. The Morgan fingerprint density at radius 1 is 1.46 bits per heavy atom. The Bertz CT molecular complexity index is 375. The van der Waals surface area contributed by atoms with Gasteiger partial charge in [-0.3, -0.25) is 0 Å². The Morgan fingerprint density at radius 2 is 2.23 bits per heavy atom. The topological polar surface area (TPSA) is 21.6 Å². The molecule has 0 radical (unpaired) electrons. The molecular formula is C10H7NOS. The maximum atomic E-state index is 5.22. The maximum Gasteiger partial charge on any atom is 0.148 e. The third-order valence-corrected chi connectivity index (χ3v) is 1.43. The van der Waals surface area contributed by atoms with Crippen molar-refractivity contribution in [3.05, 3.63) is 24.3 Å². The number of thiocarbonyl (C=S) groups is 1. The molecule has 0 saturated heterocycles. The lowest BCUT2D eigenvalue weighted by Gasteiger charge is -2.03. The zero-order valence-electron chi connectivity index (χ0n) is 6.86. The van der Waals surface area contributed by atoms with Crippen LogP contribution in [0.1, 0.15) is 0 Å². The number of nitrogens with zero attached hydrogens (tertiary/aromatic N) is 1. The molecule has 2 nitrogen and oxygen atoms in total. The van der Waals surface area contributed by atoms with Crippen molar-refractivity contribution in [3.8, 4) is 18.1 Å². The average Bonchev–Trinajstić information content (AvgIpc) is 2.17. The van der Waals surface area contributed by atoms with E-state index in [4.69, 9.17) is 11.2 Å². The van der Waals surface area contributed by atoms with Crippen molar-refractivity contribution in [1.29, 1.82) is 0 Å². The van der Waals surface area contributed by atoms with Crippen LogP contribution in [0, 0.1) is 12.3 Å². The highest BCUT2D eigenvalue weighted by Gasteiger charge is 1.98. The summed E-state index contributed by atoms with van der Waals surface area (Å²) >= 11 is 4.49. The summed E-state index contributed by atoms with van der Waals surface area (Å²) in [5.74, 6) is 3.00. The fourth-order valence-corrected chi connectivity index (χ4v) is 0.939. The van der Waals surface area contributed by atoms with Crippen LogP contribution >= 0.6 is 12.2 Å². The number of hydrogen-bond donors (Lipinski definition) is 0. The van der Waals surface area contributed by atoms with Gasteiger partial charge in [-0.05, 0) is 24.4 Å². The van der Waals surface area contributed by atoms with Crippen LogP contribution in [0.2, 0.25) is 0 Å². The van der Waals surface area contributed by atoms with E-state index in [2.05, 4.69) is 28.3 Å². The summed E-state index contributed by atoms with van der Waals surface area (Å²) in [5.41, 5.74) is 0.646. The van der Waals surface area contributed by atoms with Gasteiger partial charge >= 0.3 is 0 Å². The fraction of sp³-hybridized carbons (Fsp3) is 0.100. The first-order chi connectivity index (χ1) is 6.38. The molecular weight excluding hydrogens is 182 g/mol. The zero-order valence-corrected chi connectivity index (χ0v) is 7.67. The summed E-state index contributed by atoms with van der Waals surface area (Å²) in [6.45, 7) is 0.226. The number of ether oxygens (including phenoxy) is 1. The van der Waals surface area contributed by atoms with Gasteiger partial charge in [0, 0.05) is 0 Å². The summed E-state index contributed by atoms with van der Waals surface area (Å²) in [4.78, 5) is 3.83. The first-order valence-corrected chi connectivity index (χ1v) is 4.02. The molecule has 64 valence electrons. The molecule has 0 unspecified atom stereocenters. The van der Waals surface area contributed by atoms with Gasteiger partial charge in [-0.15, -0.1) is 6.42 Å². The molecule has 1 aromatic rings. The smallest absolute Gasteiger partial charge is 0.148 e. The Kier molecular flexibility index (Phi) is 3.72. The lowest BCUT2D eigenvalue weighted by atomic mass is 10.3. The molecule has 1 aromatic carbocycles. The highest BCUT2D eigenvalue weighted by Crippen LogP contribution is 2.25. The normalized spacial score (nSPS) is 8.23. The van der Waals surface area contributed by atoms with Gasteiger partial charge in [-0.1, -0.05) is 18.1 Å². The molecule has 0 N–H and O–H groups in total. The van der Waals surface area contributed by atoms with Gasteiger partial charge in [-0.2, -0.15) is 4.99 Å². The molecule has 0 saturated carbocycles. The number of aliphatic imine (C=N–C) groups is 1. The number of benzene rings is 1. The van der Waals surface area contributed by atoms with Crippen molar-refractivity contribution in [3.63, 3.8) is 0 Å². The third kappa shape index (κ3) is 2.72. The van der Waals surface area contributed by atoms with Gasteiger partial charge < -0.3 is 4.74 Å². The highest BCUT2D eigenvalue weighted by molar-refractivity contribution is 7.78. The van der Waals surface area contributed by atoms with E-state index >= 15 is 0 Å². The molecule has 0 amide bonds. The number of hydrogen-bond acceptors (Lipinski definition) is 3. The van der Waals surface area contributed by atoms with E-state index < -0.39 is 0 Å². The molecule has 0 aliphatic carbocycles. The predicted molar refractivity (Wildman–Crippen MR) is 55.5 cm³/mol. The van der Waals surface area contributed by atoms with E-state index in [9.17, 15) is 0 Å². The Hall–Kier alpha value is -1.62. The summed E-state index contributed by atoms with van der Waals surface area (Å²) in [6.07, 6.45) is 5.06. The van der Waals surface area contributed by atoms with Crippen molar-refractivity contribution < 1.29 is 4.74 Å². The van der Waals surface area contributed by atoms with Crippen LogP contribution in [-0.4, -0.2) is 11.8 Å². The summed E-state index contributed by atoms with van der Waals surface area (Å²) in [6, 6.07) is 7.25. The minimum absolute atomic E-state index is 0.226. The molecule has 0 aliphatic rings. The van der Waals surface area contributed by atoms with Crippen molar-refractivity contribution >= 4 is 23.1 Å². The van der Waals surface area contributed by atoms with Gasteiger partial charge in [-0.25, -0.2) is 0 Å². The predicted octanol–water partition coefficient (Wildman–Crippen LogP) is 2.43. The quantitative estimate of drug-likeness (QED) is 0.414. The van der Waals surface area contributed by atoms with Crippen LogP contribution in [0.3, 0.4) is 0 Å². The minimum atomic E-state index is 0.226. The number of para-hydroxylation sites is 2. The highest BCUT2D eigenvalue weighted by atomic mass is 32.1. The molecule has 3 heteroatoms. The summed E-state index contributed by atoms with van der Waals surface area (Å²) in [5, 5.41) is 2.28. The molecule has 0 aromatic heterocycles. The van der Waals surface area contributed by atoms with Gasteiger partial charge in [0.15, 0.2) is 0 Å². The number of isothiocyanates is 1. The van der Waals surface area contributed by atoms with E-state index in [0.29, 0.717) is 11.4 Å². The average molecular weight is 189 g/mol. The molecule has 1 rings (SSSR count). The second-order valence-corrected chi connectivity index (χ2v) is 2.35. The van der Waals surface area contributed by atoms with Crippen LogP contribution in [-0.2, 0) is 0 Å². The molecule has 0 aliphatic heterocycles. The van der Waals surface area contributed by atoms with Crippen molar-refractivity contribution in [1.82, 2.24) is 0 Å². The SMILES string of the molecule is C#CCOc1ccccc1N=C=S. The van der Waals surface area contributed by atoms with Crippen LogP contribution < -0.4 is 4.74 Å². The van der Waals surface area contributed by atoms with E-state index in [1.54, 1.807) is 12.1 Å². The van der Waals surface area contributed by atoms with E-state index in [-0.39, 0.29) is 6.61 Å². The fourth-order valence-electron chi connectivity index (χ4n) is 0.840. The van der Waals surface area contributed by atoms with Gasteiger partial charge in [0.25, 0.3) is 0 Å². The van der Waals surface area contributed by atoms with Gasteiger partial charge in [0.1, 0.15) is 18.0 Å². The molecule has 0 fully saturated rings. The molecule has 0 bridgehead atoms. The van der Waals surface area contributed by atoms with Crippen LogP contribution in [0.25, 0.3) is 0 Å². The van der Waals surface area contributed by atoms with Crippen LogP contribution in [0.15, 0.2) is 29.3 Å². The standard InChI is InChI=1S/C10H7NOS/c1-2-7-12-10-6-4-3-5-9(10)11-8-13/h1,3-6H,7H2. The number of terminal acetylenes is 1. The maximum absolute atomic E-state index is 5.22. The first kappa shape index (κ1) is 9.47. The second-order valence-electron chi connectivity index (χ2n) is 2.16. The monoisotopic (exact) mass is 189 g/mol. The van der Waals surface area contributed by atoms with Crippen molar-refractivity contribution in [2.45, 2.75) is 0 Å². The first-order valence-electron chi connectivity index (χ1n) is 3.61. The van der Waals surface area contributed by atoms with E-state index in [0.717, 1.165) is 0 Å². The summed E-state index contributed by atoms with van der Waals surface area (Å²) in [7, 11) is 0. The summed E-state index contributed by atoms with van der Waals surface area (Å²) < 4.78 is 5.22. The number of rotatable bonds is 3. The Balaban J connectivity index is 2.92. The van der Waals surface area contributed by atoms with Gasteiger partial charge in [0.2, 0.25) is 0 Å². The van der Waals surface area contributed by atoms with Gasteiger partial charge in [0.05, 0.1) is 5.16 Å². The minimum Gasteiger partial charge on any atom is -0.479 e. The van der Waals surface area contributed by atoms with Crippen LogP contribution in [0.4, 0.5) is 5.69 Å². The molecule has 13 heavy (non-hydrogen) atoms. The largest absolute Gasteiger partial charge is 0.479 e. The van der Waals surface area contributed by atoms with Crippen molar-refractivity contribution in [2.24, 2.45) is 4.99 Å². The van der Waals surface area contributed by atoms with Crippen LogP contribution in [0.5, 0.6) is 5.75 Å². The van der Waals surface area contributed by atoms with Crippen molar-refractivity contribution in [2.75, 3.05) is 6.61 Å². The van der Waals surface area contributed by atoms with E-state index in [1.165, 1.54) is 0 Å². The Labute approximate surface area is 82.3 Å². The molecule has 0 atom stereocenters. The molecule has 0 heterocycles. The second kappa shape index (κ2) is 5.10.